The molecule has 3 aromatic rings. The number of aromatic nitrogens is 3. The maximum Gasteiger partial charge on any atom is 0.272 e. The molecule has 3 N–H and O–H groups in total. The predicted octanol–water partition coefficient (Wildman–Crippen LogP) is 3.24. The number of nitrogens with zero attached hydrogens (tertiary/aromatic N) is 3. The van der Waals surface area contributed by atoms with E-state index in [4.69, 9.17) is 4.98 Å². The molecule has 1 saturated heterocycles. The van der Waals surface area contributed by atoms with Gasteiger partial charge in [-0.2, -0.15) is 5.10 Å². The van der Waals surface area contributed by atoms with Crippen molar-refractivity contribution in [2.45, 2.75) is 26.8 Å². The number of pyridine rings is 1. The van der Waals surface area contributed by atoms with Gasteiger partial charge in [-0.3, -0.25) is 9.89 Å². The Labute approximate surface area is 168 Å². The summed E-state index contributed by atoms with van der Waals surface area (Å²) in [7, 11) is 0. The number of hydrogen-bond donors (Lipinski definition) is 3. The first-order chi connectivity index (χ1) is 12.5. The highest BCUT2D eigenvalue weighted by Crippen LogP contribution is 2.35. The number of halogens is 1. The zero-order valence-electron chi connectivity index (χ0n) is 15.5. The van der Waals surface area contributed by atoms with Crippen LogP contribution >= 0.6 is 23.7 Å². The molecule has 1 aliphatic rings. The zero-order valence-corrected chi connectivity index (χ0v) is 17.1. The predicted molar refractivity (Wildman–Crippen MR) is 112 cm³/mol. The van der Waals surface area contributed by atoms with Crippen molar-refractivity contribution >= 4 is 51.4 Å². The Bertz CT molecular complexity index is 955. The van der Waals surface area contributed by atoms with Gasteiger partial charge in [0.05, 0.1) is 6.20 Å². The highest BCUT2D eigenvalue weighted by Gasteiger charge is 2.26. The van der Waals surface area contributed by atoms with Gasteiger partial charge in [0.2, 0.25) is 0 Å². The number of thiophene rings is 1. The lowest BCUT2D eigenvalue weighted by Crippen LogP contribution is -2.51. The third-order valence-corrected chi connectivity index (χ3v) is 5.81. The van der Waals surface area contributed by atoms with Gasteiger partial charge in [-0.1, -0.05) is 0 Å². The van der Waals surface area contributed by atoms with Crippen molar-refractivity contribution in [3.63, 3.8) is 0 Å². The van der Waals surface area contributed by atoms with Gasteiger partial charge >= 0.3 is 0 Å². The second-order valence-corrected chi connectivity index (χ2v) is 7.99. The standard InChI is InChI=1S/C18H22N6OS.ClH/c1-10-9-24(7-6-19-10)18(25)15-12(3)16-13(8-11(2)26-16)17(22-15)21-14-4-5-20-23-14;/h4-5,8,10,19H,6-7,9H2,1-3H3,(H2,20,21,22,23);1H/t10-;/m1./s1. The quantitative estimate of drug-likeness (QED) is 0.621. The smallest absolute Gasteiger partial charge is 0.272 e. The molecule has 0 bridgehead atoms. The van der Waals surface area contributed by atoms with Gasteiger partial charge in [0.1, 0.15) is 17.3 Å². The van der Waals surface area contributed by atoms with E-state index in [0.717, 1.165) is 28.0 Å². The summed E-state index contributed by atoms with van der Waals surface area (Å²) >= 11 is 1.70. The number of fused-ring (bicyclic) bond motifs is 1. The number of piperazine rings is 1. The van der Waals surface area contributed by atoms with E-state index in [1.807, 2.05) is 17.9 Å². The van der Waals surface area contributed by atoms with Gasteiger partial charge < -0.3 is 15.5 Å². The Morgan fingerprint density at radius 2 is 2.22 bits per heavy atom. The summed E-state index contributed by atoms with van der Waals surface area (Å²) in [5.74, 6) is 1.43. The largest absolute Gasteiger partial charge is 0.334 e. The second kappa shape index (κ2) is 7.84. The van der Waals surface area contributed by atoms with Crippen molar-refractivity contribution in [2.75, 3.05) is 25.0 Å². The molecule has 1 amide bonds. The molecule has 1 atom stereocenters. The summed E-state index contributed by atoms with van der Waals surface area (Å²) in [6, 6.07) is 4.25. The van der Waals surface area contributed by atoms with Crippen LogP contribution in [0.15, 0.2) is 18.3 Å². The van der Waals surface area contributed by atoms with E-state index < -0.39 is 0 Å². The van der Waals surface area contributed by atoms with Crippen LogP contribution in [0.4, 0.5) is 11.6 Å². The van der Waals surface area contributed by atoms with Crippen molar-refractivity contribution in [1.29, 1.82) is 0 Å². The molecule has 0 aromatic carbocycles. The third kappa shape index (κ3) is 3.78. The maximum atomic E-state index is 13.2. The summed E-state index contributed by atoms with van der Waals surface area (Å²) in [6.45, 7) is 8.37. The SMILES string of the molecule is Cc1cc2c(Nc3ccn[nH]3)nc(C(=O)N3CCN[C@H](C)C3)c(C)c2s1.Cl. The van der Waals surface area contributed by atoms with Gasteiger partial charge in [-0.15, -0.1) is 23.7 Å². The molecule has 1 fully saturated rings. The first-order valence-electron chi connectivity index (χ1n) is 8.72. The van der Waals surface area contributed by atoms with Crippen molar-refractivity contribution in [3.05, 3.63) is 34.5 Å². The van der Waals surface area contributed by atoms with Crippen molar-refractivity contribution in [3.8, 4) is 0 Å². The number of rotatable bonds is 3. The maximum absolute atomic E-state index is 13.2. The summed E-state index contributed by atoms with van der Waals surface area (Å²) in [6.07, 6.45) is 1.68. The molecule has 0 spiro atoms. The van der Waals surface area contributed by atoms with Crippen molar-refractivity contribution in [1.82, 2.24) is 25.4 Å². The number of aromatic amines is 1. The molecule has 9 heteroatoms. The fourth-order valence-corrected chi connectivity index (χ4v) is 4.37. The Morgan fingerprint density at radius 1 is 1.41 bits per heavy atom. The van der Waals surface area contributed by atoms with E-state index in [9.17, 15) is 4.79 Å². The average molecular weight is 407 g/mol. The van der Waals surface area contributed by atoms with E-state index in [2.05, 4.69) is 40.7 Å². The van der Waals surface area contributed by atoms with Gasteiger partial charge in [0.25, 0.3) is 5.91 Å². The summed E-state index contributed by atoms with van der Waals surface area (Å²) < 4.78 is 1.10. The first-order valence-corrected chi connectivity index (χ1v) is 9.54. The number of amides is 1. The molecule has 0 radical (unpaired) electrons. The first kappa shape index (κ1) is 19.6. The van der Waals surface area contributed by atoms with Crippen LogP contribution in [-0.2, 0) is 0 Å². The lowest BCUT2D eigenvalue weighted by Gasteiger charge is -2.32. The average Bonchev–Trinajstić information content (AvgIpc) is 3.26. The normalized spacial score (nSPS) is 17.0. The van der Waals surface area contributed by atoms with Crippen LogP contribution < -0.4 is 10.6 Å². The van der Waals surface area contributed by atoms with Gasteiger partial charge in [0, 0.05) is 46.7 Å². The number of carbonyl (C=O) groups excluding carboxylic acids is 1. The highest BCUT2D eigenvalue weighted by atomic mass is 35.5. The van der Waals surface area contributed by atoms with E-state index in [0.29, 0.717) is 30.6 Å². The highest BCUT2D eigenvalue weighted by molar-refractivity contribution is 7.19. The van der Waals surface area contributed by atoms with E-state index in [1.165, 1.54) is 4.88 Å². The van der Waals surface area contributed by atoms with Crippen LogP contribution in [-0.4, -0.2) is 51.7 Å². The fourth-order valence-electron chi connectivity index (χ4n) is 3.36. The Hall–Kier alpha value is -2.16. The molecule has 0 unspecified atom stereocenters. The minimum absolute atomic E-state index is 0. The lowest BCUT2D eigenvalue weighted by molar-refractivity contribution is 0.0703. The number of anilines is 2. The molecule has 1 aliphatic heterocycles. The number of hydrogen-bond acceptors (Lipinski definition) is 6. The van der Waals surface area contributed by atoms with Crippen LogP contribution in [0.1, 0.15) is 27.9 Å². The molecule has 0 aliphatic carbocycles. The molecule has 0 saturated carbocycles. The van der Waals surface area contributed by atoms with Gasteiger partial charge in [-0.25, -0.2) is 4.98 Å². The topological polar surface area (TPSA) is 85.9 Å². The summed E-state index contributed by atoms with van der Waals surface area (Å²) in [5, 5.41) is 14.5. The number of nitrogens with one attached hydrogen (secondary N) is 3. The van der Waals surface area contributed by atoms with Crippen LogP contribution in [0.25, 0.3) is 10.1 Å². The van der Waals surface area contributed by atoms with Gasteiger partial charge in [-0.05, 0) is 32.4 Å². The van der Waals surface area contributed by atoms with Gasteiger partial charge in [0.15, 0.2) is 0 Å². The molecule has 7 nitrogen and oxygen atoms in total. The van der Waals surface area contributed by atoms with Crippen LogP contribution in [0, 0.1) is 13.8 Å². The Morgan fingerprint density at radius 3 is 2.93 bits per heavy atom. The third-order valence-electron chi connectivity index (χ3n) is 4.64. The Kier molecular flexibility index (Phi) is 5.69. The second-order valence-electron chi connectivity index (χ2n) is 6.74. The number of aryl methyl sites for hydroxylation is 2. The van der Waals surface area contributed by atoms with Crippen LogP contribution in [0.3, 0.4) is 0 Å². The minimum Gasteiger partial charge on any atom is -0.334 e. The molecular weight excluding hydrogens is 384 g/mol. The minimum atomic E-state index is -0.00327. The molecule has 4 rings (SSSR count). The van der Waals surface area contributed by atoms with E-state index in [-0.39, 0.29) is 18.3 Å². The summed E-state index contributed by atoms with van der Waals surface area (Å²) in [4.78, 5) is 21.0. The lowest BCUT2D eigenvalue weighted by atomic mass is 10.1. The Balaban J connectivity index is 0.00000210. The van der Waals surface area contributed by atoms with Crippen LogP contribution in [0.5, 0.6) is 0 Å². The number of carbonyl (C=O) groups is 1. The molecule has 3 aromatic heterocycles. The molecule has 144 valence electrons. The van der Waals surface area contributed by atoms with E-state index in [1.54, 1.807) is 17.5 Å². The number of H-pyrrole nitrogens is 1. The molecule has 27 heavy (non-hydrogen) atoms. The fraction of sp³-hybridized carbons (Fsp3) is 0.389. The van der Waals surface area contributed by atoms with Crippen LogP contribution in [0.2, 0.25) is 0 Å². The zero-order chi connectivity index (χ0) is 18.3. The van der Waals surface area contributed by atoms with Crippen molar-refractivity contribution in [2.24, 2.45) is 0 Å². The molecule has 4 heterocycles. The van der Waals surface area contributed by atoms with Crippen molar-refractivity contribution < 1.29 is 4.79 Å². The van der Waals surface area contributed by atoms with E-state index >= 15 is 0 Å². The monoisotopic (exact) mass is 406 g/mol. The summed E-state index contributed by atoms with van der Waals surface area (Å²) in [5.41, 5.74) is 1.47. The molecular formula is C18H23ClN6OS.